The maximum Gasteiger partial charge on any atom is 0.0701 e. The van der Waals surface area contributed by atoms with E-state index >= 15 is 0 Å². The number of aliphatic hydroxyl groups is 1. The predicted octanol–water partition coefficient (Wildman–Crippen LogP) is 1.03. The highest BCUT2D eigenvalue weighted by atomic mass is 16.3. The summed E-state index contributed by atoms with van der Waals surface area (Å²) in [7, 11) is 0. The summed E-state index contributed by atoms with van der Waals surface area (Å²) in [5.74, 6) is 0.612. The van der Waals surface area contributed by atoms with Gasteiger partial charge in [0.05, 0.1) is 6.10 Å². The van der Waals surface area contributed by atoms with Crippen LogP contribution in [-0.2, 0) is 0 Å². The third kappa shape index (κ3) is 1.52. The molecule has 0 aromatic rings. The van der Waals surface area contributed by atoms with Gasteiger partial charge in [-0.25, -0.2) is 0 Å². The quantitative estimate of drug-likeness (QED) is 0.778. The normalized spacial score (nSPS) is 54.7. The summed E-state index contributed by atoms with van der Waals surface area (Å²) in [6.07, 6.45) is 1.06. The van der Waals surface area contributed by atoms with E-state index in [9.17, 15) is 5.11 Å². The molecule has 2 unspecified atom stereocenters. The van der Waals surface area contributed by atoms with Crippen LogP contribution in [0.25, 0.3) is 0 Å². The Balaban J connectivity index is 2.03. The van der Waals surface area contributed by atoms with Crippen LogP contribution in [0.2, 0.25) is 0 Å². The van der Waals surface area contributed by atoms with E-state index in [0.717, 1.165) is 26.2 Å². The van der Waals surface area contributed by atoms with Gasteiger partial charge in [-0.3, -0.25) is 0 Å². The van der Waals surface area contributed by atoms with Crippen molar-refractivity contribution in [2.75, 3.05) is 39.3 Å². The molecule has 4 saturated heterocycles. The monoisotopic (exact) mass is 238 g/mol. The minimum absolute atomic E-state index is 0.0937. The molecule has 4 rings (SSSR count). The number of hydrogen-bond acceptors (Lipinski definition) is 3. The molecule has 4 aliphatic rings. The van der Waals surface area contributed by atoms with Crippen LogP contribution in [0.3, 0.4) is 0 Å². The molecule has 4 fully saturated rings. The highest BCUT2D eigenvalue weighted by molar-refractivity contribution is 5.12. The molecule has 4 heterocycles. The molecule has 0 spiro atoms. The van der Waals surface area contributed by atoms with Gasteiger partial charge in [-0.05, 0) is 5.92 Å². The van der Waals surface area contributed by atoms with E-state index < -0.39 is 0 Å². The Hall–Kier alpha value is -0.120. The Bertz CT molecular complexity index is 301. The van der Waals surface area contributed by atoms with Crippen LogP contribution >= 0.6 is 0 Å². The van der Waals surface area contributed by atoms with Crippen LogP contribution in [-0.4, -0.2) is 60.3 Å². The fourth-order valence-electron chi connectivity index (χ4n) is 4.69. The fraction of sp³-hybridized carbons (Fsp3) is 1.00. The maximum absolute atomic E-state index is 10.9. The largest absolute Gasteiger partial charge is 0.392 e. The molecule has 0 amide bonds. The highest BCUT2D eigenvalue weighted by Gasteiger charge is 2.60. The van der Waals surface area contributed by atoms with Crippen molar-refractivity contribution in [1.29, 1.82) is 0 Å². The smallest absolute Gasteiger partial charge is 0.0701 e. The molecule has 0 aromatic heterocycles. The molecule has 0 aromatic carbocycles. The predicted molar refractivity (Wildman–Crippen MR) is 68.9 cm³/mol. The second-order valence-corrected chi connectivity index (χ2v) is 7.02. The van der Waals surface area contributed by atoms with E-state index in [2.05, 4.69) is 30.6 Å². The van der Waals surface area contributed by atoms with Gasteiger partial charge < -0.3 is 14.9 Å². The van der Waals surface area contributed by atoms with Gasteiger partial charge in [-0.1, -0.05) is 27.2 Å². The molecule has 3 heteroatoms. The Morgan fingerprint density at radius 1 is 1.18 bits per heavy atom. The molecule has 0 radical (unpaired) electrons. The summed E-state index contributed by atoms with van der Waals surface area (Å²) in [6, 6.07) is 0. The number of hydrogen-bond donors (Lipinski definition) is 1. The summed E-state index contributed by atoms with van der Waals surface area (Å²) < 4.78 is 0. The first kappa shape index (κ1) is 11.9. The van der Waals surface area contributed by atoms with Crippen LogP contribution in [0.1, 0.15) is 27.2 Å². The van der Waals surface area contributed by atoms with Gasteiger partial charge in [0, 0.05) is 50.1 Å². The van der Waals surface area contributed by atoms with Crippen molar-refractivity contribution in [2.24, 2.45) is 16.7 Å². The average molecular weight is 238 g/mol. The van der Waals surface area contributed by atoms with Crippen molar-refractivity contribution >= 4 is 0 Å². The third-order valence-corrected chi connectivity index (χ3v) is 5.74. The van der Waals surface area contributed by atoms with Gasteiger partial charge in [-0.15, -0.1) is 0 Å². The van der Waals surface area contributed by atoms with Crippen molar-refractivity contribution in [3.8, 4) is 0 Å². The fourth-order valence-corrected chi connectivity index (χ4v) is 4.69. The lowest BCUT2D eigenvalue weighted by atomic mass is 9.57. The molecule has 3 nitrogen and oxygen atoms in total. The van der Waals surface area contributed by atoms with Crippen molar-refractivity contribution in [2.45, 2.75) is 33.3 Å². The van der Waals surface area contributed by atoms with Gasteiger partial charge in [0.25, 0.3) is 0 Å². The topological polar surface area (TPSA) is 26.7 Å². The van der Waals surface area contributed by atoms with Gasteiger partial charge in [0.15, 0.2) is 0 Å². The van der Waals surface area contributed by atoms with Crippen molar-refractivity contribution in [1.82, 2.24) is 9.80 Å². The second kappa shape index (κ2) is 3.69. The Labute approximate surface area is 105 Å². The van der Waals surface area contributed by atoms with Crippen LogP contribution < -0.4 is 0 Å². The minimum Gasteiger partial charge on any atom is -0.392 e. The zero-order valence-corrected chi connectivity index (χ0v) is 11.4. The zero-order chi connectivity index (χ0) is 12.3. The summed E-state index contributed by atoms with van der Waals surface area (Å²) >= 11 is 0. The van der Waals surface area contributed by atoms with E-state index in [1.54, 1.807) is 0 Å². The number of nitrogens with zero attached hydrogens (tertiary/aromatic N) is 2. The second-order valence-electron chi connectivity index (χ2n) is 7.02. The first-order valence-electron chi connectivity index (χ1n) is 7.13. The van der Waals surface area contributed by atoms with E-state index in [1.807, 2.05) is 0 Å². The molecule has 4 aliphatic heterocycles. The Morgan fingerprint density at radius 2 is 1.71 bits per heavy atom. The van der Waals surface area contributed by atoms with Crippen molar-refractivity contribution < 1.29 is 5.11 Å². The summed E-state index contributed by atoms with van der Waals surface area (Å²) in [6.45, 7) is 13.7. The molecule has 4 bridgehead atoms. The van der Waals surface area contributed by atoms with Crippen LogP contribution in [0.5, 0.6) is 0 Å². The van der Waals surface area contributed by atoms with E-state index in [-0.39, 0.29) is 16.9 Å². The summed E-state index contributed by atoms with van der Waals surface area (Å²) in [5, 5.41) is 10.9. The van der Waals surface area contributed by atoms with Crippen LogP contribution in [0.15, 0.2) is 0 Å². The number of fused-ring (bicyclic) bond motifs is 1. The standard InChI is InChI=1S/C14H26N2O/c1-4-11(2)14-9-15-5-6-16(10-14)8-13(3,7-15)12(14)17/h11-12,17H,4-10H2,1-3H3/t11-,12+,13?,14?/m0/s1. The third-order valence-electron chi connectivity index (χ3n) is 5.74. The maximum atomic E-state index is 10.9. The number of aliphatic hydroxyl groups excluding tert-OH is 1. The minimum atomic E-state index is -0.115. The van der Waals surface area contributed by atoms with E-state index in [0.29, 0.717) is 5.92 Å². The number of piperidine rings is 2. The van der Waals surface area contributed by atoms with E-state index in [4.69, 9.17) is 0 Å². The molecular formula is C14H26N2O. The molecule has 0 aliphatic carbocycles. The Kier molecular flexibility index (Phi) is 2.59. The lowest BCUT2D eigenvalue weighted by molar-refractivity contribution is -0.182. The molecule has 17 heavy (non-hydrogen) atoms. The zero-order valence-electron chi connectivity index (χ0n) is 11.4. The van der Waals surface area contributed by atoms with Gasteiger partial charge in [0.1, 0.15) is 0 Å². The van der Waals surface area contributed by atoms with E-state index in [1.165, 1.54) is 19.5 Å². The SMILES string of the molecule is CC[C@H](C)C12CN3CCN(CC(C)(C3)[C@H]1O)C2. The van der Waals surface area contributed by atoms with Crippen LogP contribution in [0, 0.1) is 16.7 Å². The lowest BCUT2D eigenvalue weighted by Gasteiger charge is -2.60. The first-order chi connectivity index (χ1) is 8.00. The van der Waals surface area contributed by atoms with Gasteiger partial charge in [0.2, 0.25) is 0 Å². The Morgan fingerprint density at radius 3 is 2.18 bits per heavy atom. The number of rotatable bonds is 2. The molecule has 0 saturated carbocycles. The lowest BCUT2D eigenvalue weighted by Crippen LogP contribution is -2.70. The molecule has 1 N–H and O–H groups in total. The van der Waals surface area contributed by atoms with Crippen LogP contribution in [0.4, 0.5) is 0 Å². The molecular weight excluding hydrogens is 212 g/mol. The average Bonchev–Trinajstić information content (AvgIpc) is 2.51. The molecule has 98 valence electrons. The molecule has 4 atom stereocenters. The van der Waals surface area contributed by atoms with Gasteiger partial charge >= 0.3 is 0 Å². The first-order valence-corrected chi connectivity index (χ1v) is 7.13. The summed E-state index contributed by atoms with van der Waals surface area (Å²) in [4.78, 5) is 5.21. The van der Waals surface area contributed by atoms with Gasteiger partial charge in [-0.2, -0.15) is 0 Å². The van der Waals surface area contributed by atoms with Crippen molar-refractivity contribution in [3.05, 3.63) is 0 Å². The summed E-state index contributed by atoms with van der Waals surface area (Å²) in [5.41, 5.74) is 0.215. The van der Waals surface area contributed by atoms with Crippen molar-refractivity contribution in [3.63, 3.8) is 0 Å². The highest BCUT2D eigenvalue weighted by Crippen LogP contribution is 2.51.